The molecule has 0 aliphatic rings. The van der Waals surface area contributed by atoms with Gasteiger partial charge in [0.1, 0.15) is 11.6 Å². The minimum atomic E-state index is -0.485. The molecule has 0 fully saturated rings. The largest absolute Gasteiger partial charge is 0.495 e. The van der Waals surface area contributed by atoms with E-state index in [1.54, 1.807) is 44.2 Å². The smallest absolute Gasteiger partial charge is 0.241 e. The summed E-state index contributed by atoms with van der Waals surface area (Å²) < 4.78 is 19.2. The van der Waals surface area contributed by atoms with Crippen molar-refractivity contribution in [1.29, 1.82) is 0 Å². The molecule has 1 atom stereocenters. The number of carbonyl (C=O) groups is 1. The van der Waals surface area contributed by atoms with E-state index in [1.165, 1.54) is 6.07 Å². The molecule has 1 amide bonds. The van der Waals surface area contributed by atoms with Crippen LogP contribution in [0.25, 0.3) is 0 Å². The average molecular weight is 365 g/mol. The summed E-state index contributed by atoms with van der Waals surface area (Å²) in [5.74, 6) is -0.00266. The van der Waals surface area contributed by atoms with Crippen LogP contribution in [0.4, 0.5) is 10.1 Å². The molecular formula is C19H22ClFN2O2. The van der Waals surface area contributed by atoms with Crippen molar-refractivity contribution in [3.05, 3.63) is 58.4 Å². The average Bonchev–Trinajstić information content (AvgIpc) is 2.57. The van der Waals surface area contributed by atoms with Crippen molar-refractivity contribution in [2.24, 2.45) is 0 Å². The van der Waals surface area contributed by atoms with E-state index in [-0.39, 0.29) is 18.3 Å². The summed E-state index contributed by atoms with van der Waals surface area (Å²) >= 11 is 6.06. The first-order valence-electron chi connectivity index (χ1n) is 7.92. The van der Waals surface area contributed by atoms with E-state index in [0.717, 1.165) is 5.56 Å². The summed E-state index contributed by atoms with van der Waals surface area (Å²) in [4.78, 5) is 14.3. The van der Waals surface area contributed by atoms with Crippen molar-refractivity contribution >= 4 is 23.2 Å². The minimum Gasteiger partial charge on any atom is -0.495 e. The number of benzene rings is 2. The maximum Gasteiger partial charge on any atom is 0.241 e. The Kier molecular flexibility index (Phi) is 6.39. The number of hydrogen-bond donors (Lipinski definition) is 1. The number of anilines is 1. The molecule has 0 aliphatic heterocycles. The first-order chi connectivity index (χ1) is 11.8. The fourth-order valence-corrected chi connectivity index (χ4v) is 2.65. The molecule has 0 aromatic heterocycles. The molecule has 4 nitrogen and oxygen atoms in total. The molecule has 1 N–H and O–H groups in total. The van der Waals surface area contributed by atoms with Crippen LogP contribution in [0.5, 0.6) is 5.75 Å². The number of likely N-dealkylation sites (N-methyl/N-ethyl adjacent to an activating group) is 1. The van der Waals surface area contributed by atoms with Crippen LogP contribution < -0.4 is 10.1 Å². The van der Waals surface area contributed by atoms with Crippen molar-refractivity contribution in [2.75, 3.05) is 19.5 Å². The summed E-state index contributed by atoms with van der Waals surface area (Å²) in [5.41, 5.74) is 1.99. The summed E-state index contributed by atoms with van der Waals surface area (Å²) in [6.45, 7) is 3.92. The summed E-state index contributed by atoms with van der Waals surface area (Å²) in [6, 6.07) is 9.62. The second kappa shape index (κ2) is 8.32. The first-order valence-corrected chi connectivity index (χ1v) is 8.30. The predicted molar refractivity (Wildman–Crippen MR) is 98.7 cm³/mol. The monoisotopic (exact) mass is 364 g/mol. The number of nitrogens with zero attached hydrogens (tertiary/aromatic N) is 1. The zero-order chi connectivity index (χ0) is 18.6. The van der Waals surface area contributed by atoms with E-state index in [2.05, 4.69) is 5.32 Å². The van der Waals surface area contributed by atoms with Crippen molar-refractivity contribution in [3.63, 3.8) is 0 Å². The second-order valence-electron chi connectivity index (χ2n) is 5.98. The number of ether oxygens (including phenoxy) is 1. The molecule has 0 spiro atoms. The van der Waals surface area contributed by atoms with E-state index >= 15 is 0 Å². The van der Waals surface area contributed by atoms with Crippen LogP contribution in [0, 0.1) is 12.7 Å². The normalized spacial score (nSPS) is 12.1. The highest BCUT2D eigenvalue weighted by Gasteiger charge is 2.21. The molecule has 0 heterocycles. The van der Waals surface area contributed by atoms with Gasteiger partial charge in [0.05, 0.1) is 18.8 Å². The van der Waals surface area contributed by atoms with Gasteiger partial charge in [-0.15, -0.1) is 0 Å². The quantitative estimate of drug-likeness (QED) is 0.832. The van der Waals surface area contributed by atoms with Gasteiger partial charge in [0.2, 0.25) is 5.91 Å². The van der Waals surface area contributed by atoms with Crippen LogP contribution in [0.15, 0.2) is 36.4 Å². The lowest BCUT2D eigenvalue weighted by atomic mass is 10.1. The third kappa shape index (κ3) is 4.71. The van der Waals surface area contributed by atoms with E-state index in [4.69, 9.17) is 16.3 Å². The van der Waals surface area contributed by atoms with Crippen molar-refractivity contribution in [1.82, 2.24) is 4.90 Å². The number of aryl methyl sites for hydroxylation is 1. The second-order valence-corrected chi connectivity index (χ2v) is 6.39. The highest BCUT2D eigenvalue weighted by atomic mass is 35.5. The zero-order valence-corrected chi connectivity index (χ0v) is 15.5. The molecule has 2 rings (SSSR count). The molecule has 2 aromatic carbocycles. The Bertz CT molecular complexity index is 747. The zero-order valence-electron chi connectivity index (χ0n) is 14.8. The Labute approximate surface area is 152 Å². The number of halogens is 2. The number of methoxy groups -OCH3 is 1. The standard InChI is InChI=1S/C19H22ClFN2O2/c1-12-8-9-18(25-4)17(10-12)22-19(24)13(2)23(3)11-14-15(20)6-5-7-16(14)21/h5-10,13H,11H2,1-4H3,(H,22,24). The van der Waals surface area contributed by atoms with Crippen LogP contribution in [0.2, 0.25) is 5.02 Å². The highest BCUT2D eigenvalue weighted by Crippen LogP contribution is 2.26. The van der Waals surface area contributed by atoms with Crippen molar-refractivity contribution < 1.29 is 13.9 Å². The van der Waals surface area contributed by atoms with Gasteiger partial charge in [-0.2, -0.15) is 0 Å². The van der Waals surface area contributed by atoms with E-state index < -0.39 is 6.04 Å². The third-order valence-corrected chi connectivity index (χ3v) is 4.48. The highest BCUT2D eigenvalue weighted by molar-refractivity contribution is 6.31. The van der Waals surface area contributed by atoms with Gasteiger partial charge in [-0.25, -0.2) is 4.39 Å². The van der Waals surface area contributed by atoms with Crippen LogP contribution in [0.1, 0.15) is 18.1 Å². The molecule has 6 heteroatoms. The van der Waals surface area contributed by atoms with E-state index in [9.17, 15) is 9.18 Å². The van der Waals surface area contributed by atoms with Gasteiger partial charge < -0.3 is 10.1 Å². The lowest BCUT2D eigenvalue weighted by Gasteiger charge is -2.25. The fraction of sp³-hybridized carbons (Fsp3) is 0.316. The molecule has 0 saturated carbocycles. The van der Waals surface area contributed by atoms with Gasteiger partial charge in [0.25, 0.3) is 0 Å². The molecule has 25 heavy (non-hydrogen) atoms. The number of carbonyl (C=O) groups excluding carboxylic acids is 1. The molecule has 2 aromatic rings. The van der Waals surface area contributed by atoms with Crippen LogP contribution in [-0.2, 0) is 11.3 Å². The molecule has 0 radical (unpaired) electrons. The SMILES string of the molecule is COc1ccc(C)cc1NC(=O)C(C)N(C)Cc1c(F)cccc1Cl. The third-order valence-electron chi connectivity index (χ3n) is 4.12. The first kappa shape index (κ1) is 19.2. The molecule has 0 aliphatic carbocycles. The molecular weight excluding hydrogens is 343 g/mol. The van der Waals surface area contributed by atoms with E-state index in [0.29, 0.717) is 22.0 Å². The number of hydrogen-bond acceptors (Lipinski definition) is 3. The summed E-state index contributed by atoms with van der Waals surface area (Å²) in [5, 5.41) is 3.21. The number of amides is 1. The topological polar surface area (TPSA) is 41.6 Å². The van der Waals surface area contributed by atoms with Crippen molar-refractivity contribution in [3.8, 4) is 5.75 Å². The van der Waals surface area contributed by atoms with Gasteiger partial charge in [0.15, 0.2) is 0 Å². The van der Waals surface area contributed by atoms with Gasteiger partial charge in [0, 0.05) is 17.1 Å². The Balaban J connectivity index is 2.10. The maximum atomic E-state index is 13.9. The number of nitrogens with one attached hydrogen (secondary N) is 1. The Morgan fingerprint density at radius 2 is 2.08 bits per heavy atom. The fourth-order valence-electron chi connectivity index (χ4n) is 2.43. The maximum absolute atomic E-state index is 13.9. The van der Waals surface area contributed by atoms with Gasteiger partial charge in [-0.1, -0.05) is 23.7 Å². The van der Waals surface area contributed by atoms with Crippen LogP contribution >= 0.6 is 11.6 Å². The van der Waals surface area contributed by atoms with Crippen molar-refractivity contribution in [2.45, 2.75) is 26.4 Å². The Morgan fingerprint density at radius 1 is 1.36 bits per heavy atom. The van der Waals surface area contributed by atoms with Gasteiger partial charge >= 0.3 is 0 Å². The number of rotatable bonds is 6. The summed E-state index contributed by atoms with van der Waals surface area (Å²) in [6.07, 6.45) is 0. The van der Waals surface area contributed by atoms with E-state index in [1.807, 2.05) is 19.1 Å². The van der Waals surface area contributed by atoms with Crippen LogP contribution in [0.3, 0.4) is 0 Å². The Hall–Kier alpha value is -2.11. The lowest BCUT2D eigenvalue weighted by molar-refractivity contribution is -0.120. The van der Waals surface area contributed by atoms with Gasteiger partial charge in [-0.3, -0.25) is 9.69 Å². The Morgan fingerprint density at radius 3 is 2.72 bits per heavy atom. The molecule has 134 valence electrons. The minimum absolute atomic E-state index is 0.209. The lowest BCUT2D eigenvalue weighted by Crippen LogP contribution is -2.39. The predicted octanol–water partition coefficient (Wildman–Crippen LogP) is 4.26. The molecule has 0 saturated heterocycles. The molecule has 1 unspecified atom stereocenters. The van der Waals surface area contributed by atoms with Crippen LogP contribution in [-0.4, -0.2) is 31.0 Å². The van der Waals surface area contributed by atoms with Gasteiger partial charge in [-0.05, 0) is 50.7 Å². The molecule has 0 bridgehead atoms. The summed E-state index contributed by atoms with van der Waals surface area (Å²) in [7, 11) is 3.30.